The third-order valence-electron chi connectivity index (χ3n) is 4.31. The van der Waals surface area contributed by atoms with E-state index < -0.39 is 0 Å². The average Bonchev–Trinajstić information content (AvgIpc) is 3.08. The summed E-state index contributed by atoms with van der Waals surface area (Å²) in [7, 11) is 0. The number of pyridine rings is 1. The quantitative estimate of drug-likeness (QED) is 0.485. The van der Waals surface area contributed by atoms with Crippen LogP contribution in [0.5, 0.6) is 0 Å². The maximum absolute atomic E-state index is 12.3. The molecule has 0 saturated carbocycles. The highest BCUT2D eigenvalue weighted by atomic mass is 16.2. The second-order valence-corrected chi connectivity index (χ2v) is 6.16. The van der Waals surface area contributed by atoms with Crippen LogP contribution in [0.15, 0.2) is 59.4 Å². The largest absolute Gasteiger partial charge is 0.351 e. The van der Waals surface area contributed by atoms with Crippen molar-refractivity contribution >= 4 is 27.7 Å². The number of imidazole rings is 1. The van der Waals surface area contributed by atoms with E-state index in [0.717, 1.165) is 35.1 Å². The summed E-state index contributed by atoms with van der Waals surface area (Å²) >= 11 is 0. The van der Waals surface area contributed by atoms with Crippen LogP contribution in [0.4, 0.5) is 0 Å². The highest BCUT2D eigenvalue weighted by Gasteiger charge is 2.09. The molecule has 0 bridgehead atoms. The molecule has 0 fully saturated rings. The number of benzene rings is 2. The lowest BCUT2D eigenvalue weighted by Crippen LogP contribution is -2.27. The summed E-state index contributed by atoms with van der Waals surface area (Å²) in [4.78, 5) is 34.8. The van der Waals surface area contributed by atoms with E-state index in [1.165, 1.54) is 0 Å². The number of aromatic amines is 2. The molecule has 26 heavy (non-hydrogen) atoms. The smallest absolute Gasteiger partial charge is 0.267 e. The van der Waals surface area contributed by atoms with Crippen LogP contribution in [0.2, 0.25) is 0 Å². The number of fused-ring (bicyclic) bond motifs is 2. The fourth-order valence-corrected chi connectivity index (χ4v) is 3.01. The molecule has 0 aliphatic rings. The number of nitrogens with one attached hydrogen (secondary N) is 3. The summed E-state index contributed by atoms with van der Waals surface area (Å²) in [5.41, 5.74) is 1.98. The van der Waals surface area contributed by atoms with E-state index in [2.05, 4.69) is 20.3 Å². The lowest BCUT2D eigenvalue weighted by Gasteiger charge is -2.05. The Labute approximate surface area is 149 Å². The Morgan fingerprint density at radius 1 is 1.04 bits per heavy atom. The summed E-state index contributed by atoms with van der Waals surface area (Å²) in [5, 5.41) is 4.18. The number of hydrogen-bond acceptors (Lipinski definition) is 3. The van der Waals surface area contributed by atoms with Gasteiger partial charge in [0.1, 0.15) is 11.5 Å². The molecule has 0 unspecified atom stereocenters. The molecule has 0 aliphatic carbocycles. The second-order valence-electron chi connectivity index (χ2n) is 6.16. The fraction of sp³-hybridized carbons (Fsp3) is 0.150. The Bertz CT molecular complexity index is 1110. The molecule has 2 heterocycles. The zero-order valence-corrected chi connectivity index (χ0v) is 14.1. The van der Waals surface area contributed by atoms with Crippen molar-refractivity contribution in [3.63, 3.8) is 0 Å². The van der Waals surface area contributed by atoms with Gasteiger partial charge in [0.15, 0.2) is 0 Å². The highest BCUT2D eigenvalue weighted by molar-refractivity contribution is 5.96. The number of carbonyl (C=O) groups excluding carboxylic acids is 1. The number of para-hydroxylation sites is 2. The van der Waals surface area contributed by atoms with Gasteiger partial charge in [0.2, 0.25) is 0 Å². The van der Waals surface area contributed by atoms with Gasteiger partial charge >= 0.3 is 0 Å². The van der Waals surface area contributed by atoms with Gasteiger partial charge in [-0.3, -0.25) is 9.59 Å². The maximum atomic E-state index is 12.3. The number of aryl methyl sites for hydroxylation is 1. The Kier molecular flexibility index (Phi) is 4.23. The first kappa shape index (κ1) is 16.1. The summed E-state index contributed by atoms with van der Waals surface area (Å²) in [6, 6.07) is 16.8. The fourth-order valence-electron chi connectivity index (χ4n) is 3.01. The van der Waals surface area contributed by atoms with Gasteiger partial charge in [-0.1, -0.05) is 30.3 Å². The van der Waals surface area contributed by atoms with Crippen LogP contribution in [0, 0.1) is 0 Å². The molecule has 4 aromatic rings. The van der Waals surface area contributed by atoms with Crippen molar-refractivity contribution in [2.24, 2.45) is 0 Å². The lowest BCUT2D eigenvalue weighted by molar-refractivity contribution is 0.0948. The van der Waals surface area contributed by atoms with Gasteiger partial charge in [-0.05, 0) is 36.1 Å². The van der Waals surface area contributed by atoms with Crippen molar-refractivity contribution in [2.75, 3.05) is 6.54 Å². The molecule has 6 nitrogen and oxygen atoms in total. The minimum atomic E-state index is -0.280. The van der Waals surface area contributed by atoms with Crippen molar-refractivity contribution in [3.8, 4) is 0 Å². The van der Waals surface area contributed by atoms with Crippen molar-refractivity contribution in [1.82, 2.24) is 20.3 Å². The van der Waals surface area contributed by atoms with Gasteiger partial charge in [0.25, 0.3) is 11.5 Å². The number of aromatic nitrogens is 3. The molecule has 0 radical (unpaired) electrons. The molecule has 0 spiro atoms. The molecule has 0 saturated heterocycles. The Morgan fingerprint density at radius 3 is 2.73 bits per heavy atom. The summed E-state index contributed by atoms with van der Waals surface area (Å²) < 4.78 is 0. The molecular formula is C20H18N4O2. The van der Waals surface area contributed by atoms with E-state index in [-0.39, 0.29) is 17.2 Å². The first-order valence-electron chi connectivity index (χ1n) is 8.54. The van der Waals surface area contributed by atoms with Crippen molar-refractivity contribution < 1.29 is 4.79 Å². The first-order chi connectivity index (χ1) is 12.7. The Balaban J connectivity index is 1.37. The molecule has 0 aliphatic heterocycles. The zero-order valence-electron chi connectivity index (χ0n) is 14.1. The number of carbonyl (C=O) groups is 1. The molecule has 2 aromatic heterocycles. The van der Waals surface area contributed by atoms with E-state index in [1.807, 2.05) is 36.4 Å². The lowest BCUT2D eigenvalue weighted by atomic mass is 10.1. The van der Waals surface area contributed by atoms with Crippen LogP contribution in [-0.4, -0.2) is 27.4 Å². The average molecular weight is 346 g/mol. The Hall–Kier alpha value is -3.41. The van der Waals surface area contributed by atoms with Gasteiger partial charge < -0.3 is 15.3 Å². The number of nitrogens with zero attached hydrogens (tertiary/aromatic N) is 1. The van der Waals surface area contributed by atoms with Crippen LogP contribution < -0.4 is 10.9 Å². The number of rotatable bonds is 5. The molecule has 2 aromatic carbocycles. The SMILES string of the molecule is O=C(NCCCc1nc2ccccc2[nH]1)c1cc2ccccc2c(=O)[nH]1. The van der Waals surface area contributed by atoms with Crippen LogP contribution >= 0.6 is 0 Å². The minimum Gasteiger partial charge on any atom is -0.351 e. The van der Waals surface area contributed by atoms with E-state index in [0.29, 0.717) is 11.9 Å². The van der Waals surface area contributed by atoms with Crippen molar-refractivity contribution in [1.29, 1.82) is 0 Å². The normalized spacial score (nSPS) is 11.1. The highest BCUT2D eigenvalue weighted by Crippen LogP contribution is 2.12. The summed E-state index contributed by atoms with van der Waals surface area (Å²) in [6.07, 6.45) is 1.49. The van der Waals surface area contributed by atoms with Gasteiger partial charge in [-0.25, -0.2) is 4.98 Å². The first-order valence-corrected chi connectivity index (χ1v) is 8.54. The van der Waals surface area contributed by atoms with Crippen molar-refractivity contribution in [2.45, 2.75) is 12.8 Å². The molecule has 130 valence electrons. The van der Waals surface area contributed by atoms with Gasteiger partial charge in [-0.2, -0.15) is 0 Å². The molecule has 6 heteroatoms. The third kappa shape index (κ3) is 3.21. The van der Waals surface area contributed by atoms with E-state index >= 15 is 0 Å². The predicted octanol–water partition coefficient (Wildman–Crippen LogP) is 2.77. The molecule has 1 amide bonds. The molecule has 3 N–H and O–H groups in total. The summed E-state index contributed by atoms with van der Waals surface area (Å²) in [6.45, 7) is 0.505. The standard InChI is InChI=1S/C20H18N4O2/c25-19-14-7-2-1-6-13(14)12-17(24-19)20(26)21-11-5-10-18-22-15-8-3-4-9-16(15)23-18/h1-4,6-9,12H,5,10-11H2,(H,21,26)(H,22,23)(H,24,25). The second kappa shape index (κ2) is 6.84. The van der Waals surface area contributed by atoms with Gasteiger partial charge in [0.05, 0.1) is 11.0 Å². The number of amides is 1. The topological polar surface area (TPSA) is 90.6 Å². The van der Waals surface area contributed by atoms with Crippen LogP contribution in [0.25, 0.3) is 21.8 Å². The maximum Gasteiger partial charge on any atom is 0.267 e. The monoisotopic (exact) mass is 346 g/mol. The number of H-pyrrole nitrogens is 2. The summed E-state index contributed by atoms with van der Waals surface area (Å²) in [5.74, 6) is 0.622. The van der Waals surface area contributed by atoms with E-state index in [1.54, 1.807) is 18.2 Å². The third-order valence-corrected chi connectivity index (χ3v) is 4.31. The van der Waals surface area contributed by atoms with E-state index in [4.69, 9.17) is 0 Å². The van der Waals surface area contributed by atoms with E-state index in [9.17, 15) is 9.59 Å². The van der Waals surface area contributed by atoms with Gasteiger partial charge in [0, 0.05) is 18.4 Å². The molecule has 4 rings (SSSR count). The van der Waals surface area contributed by atoms with Crippen LogP contribution in [0.3, 0.4) is 0 Å². The molecule has 0 atom stereocenters. The minimum absolute atomic E-state index is 0.254. The molecular weight excluding hydrogens is 328 g/mol. The van der Waals surface area contributed by atoms with Crippen molar-refractivity contribution in [3.05, 3.63) is 76.5 Å². The van der Waals surface area contributed by atoms with Gasteiger partial charge in [-0.15, -0.1) is 0 Å². The van der Waals surface area contributed by atoms with Crippen LogP contribution in [0.1, 0.15) is 22.7 Å². The Morgan fingerprint density at radius 2 is 1.85 bits per heavy atom. The zero-order chi connectivity index (χ0) is 17.9. The van der Waals surface area contributed by atoms with Crippen LogP contribution in [-0.2, 0) is 6.42 Å². The number of hydrogen-bond donors (Lipinski definition) is 3. The predicted molar refractivity (Wildman–Crippen MR) is 101 cm³/mol.